The monoisotopic (exact) mass is 186 g/mol. The number of aromatic nitrogens is 1. The van der Waals surface area contributed by atoms with Gasteiger partial charge >= 0.3 is 0 Å². The summed E-state index contributed by atoms with van der Waals surface area (Å²) in [6.45, 7) is 1.16. The zero-order valence-electron chi connectivity index (χ0n) is 8.16. The molecule has 0 saturated carbocycles. The van der Waals surface area contributed by atoms with Crippen LogP contribution >= 0.6 is 0 Å². The SMILES string of the molecule is Nc1cccc2c1cc1n2CCCC1. The van der Waals surface area contributed by atoms with Gasteiger partial charge in [0.1, 0.15) is 0 Å². The summed E-state index contributed by atoms with van der Waals surface area (Å²) in [6.07, 6.45) is 3.82. The third-order valence-corrected chi connectivity index (χ3v) is 3.13. The predicted octanol–water partition coefficient (Wildman–Crippen LogP) is 2.56. The van der Waals surface area contributed by atoms with Crippen molar-refractivity contribution in [2.75, 3.05) is 5.73 Å². The molecule has 0 unspecified atom stereocenters. The molecule has 0 spiro atoms. The molecule has 0 fully saturated rings. The zero-order chi connectivity index (χ0) is 9.54. The number of nitrogens with two attached hydrogens (primary N) is 1. The number of nitrogen functional groups attached to an aromatic ring is 1. The highest BCUT2D eigenvalue weighted by molar-refractivity contribution is 5.92. The van der Waals surface area contributed by atoms with Gasteiger partial charge < -0.3 is 10.3 Å². The third kappa shape index (κ3) is 0.969. The molecule has 0 amide bonds. The van der Waals surface area contributed by atoms with Gasteiger partial charge in [0.2, 0.25) is 0 Å². The van der Waals surface area contributed by atoms with Gasteiger partial charge in [-0.15, -0.1) is 0 Å². The lowest BCUT2D eigenvalue weighted by molar-refractivity contribution is 0.545. The second-order valence-electron chi connectivity index (χ2n) is 4.02. The van der Waals surface area contributed by atoms with E-state index < -0.39 is 0 Å². The first kappa shape index (κ1) is 7.92. The van der Waals surface area contributed by atoms with E-state index in [4.69, 9.17) is 5.73 Å². The van der Waals surface area contributed by atoms with Gasteiger partial charge in [-0.3, -0.25) is 0 Å². The maximum atomic E-state index is 5.95. The van der Waals surface area contributed by atoms with Crippen molar-refractivity contribution in [3.05, 3.63) is 30.0 Å². The third-order valence-electron chi connectivity index (χ3n) is 3.13. The number of fused-ring (bicyclic) bond motifs is 3. The van der Waals surface area contributed by atoms with Crippen LogP contribution in [0.5, 0.6) is 0 Å². The fourth-order valence-electron chi connectivity index (χ4n) is 2.41. The Morgan fingerprint density at radius 1 is 1.21 bits per heavy atom. The molecule has 1 aliphatic heterocycles. The molecule has 1 aromatic heterocycles. The normalized spacial score (nSPS) is 15.7. The van der Waals surface area contributed by atoms with E-state index in [2.05, 4.69) is 16.7 Å². The Bertz CT molecular complexity index is 482. The Balaban J connectivity index is 2.36. The summed E-state index contributed by atoms with van der Waals surface area (Å²) >= 11 is 0. The van der Waals surface area contributed by atoms with Crippen LogP contribution in [0.4, 0.5) is 5.69 Å². The number of rotatable bonds is 0. The fraction of sp³-hybridized carbons (Fsp3) is 0.333. The van der Waals surface area contributed by atoms with Crippen LogP contribution in [0, 0.1) is 0 Å². The highest BCUT2D eigenvalue weighted by atomic mass is 15.0. The maximum Gasteiger partial charge on any atom is 0.0503 e. The van der Waals surface area contributed by atoms with Gasteiger partial charge in [-0.2, -0.15) is 0 Å². The second-order valence-corrected chi connectivity index (χ2v) is 4.02. The van der Waals surface area contributed by atoms with Gasteiger partial charge in [0.15, 0.2) is 0 Å². The van der Waals surface area contributed by atoms with Crippen molar-refractivity contribution in [1.29, 1.82) is 0 Å². The second kappa shape index (κ2) is 2.77. The van der Waals surface area contributed by atoms with Gasteiger partial charge in [-0.1, -0.05) is 6.07 Å². The molecule has 2 heterocycles. The lowest BCUT2D eigenvalue weighted by atomic mass is 10.1. The van der Waals surface area contributed by atoms with E-state index in [0.717, 1.165) is 12.2 Å². The largest absolute Gasteiger partial charge is 0.398 e. The van der Waals surface area contributed by atoms with Crippen LogP contribution in [0.2, 0.25) is 0 Å². The number of hydrogen-bond acceptors (Lipinski definition) is 1. The van der Waals surface area contributed by atoms with Crippen LogP contribution < -0.4 is 5.73 Å². The maximum absolute atomic E-state index is 5.95. The molecule has 2 N–H and O–H groups in total. The predicted molar refractivity (Wildman–Crippen MR) is 59.3 cm³/mol. The summed E-state index contributed by atoms with van der Waals surface area (Å²) < 4.78 is 2.41. The molecular formula is C12H14N2. The topological polar surface area (TPSA) is 30.9 Å². The summed E-state index contributed by atoms with van der Waals surface area (Å²) in [7, 11) is 0. The van der Waals surface area contributed by atoms with E-state index >= 15 is 0 Å². The molecule has 0 bridgehead atoms. The standard InChI is InChI=1S/C12H14N2/c13-11-5-3-6-12-10(11)8-9-4-1-2-7-14(9)12/h3,5-6,8H,1-2,4,7,13H2. The van der Waals surface area contributed by atoms with Crippen LogP contribution in [0.1, 0.15) is 18.5 Å². The molecule has 72 valence electrons. The summed E-state index contributed by atoms with van der Waals surface area (Å²) in [5.41, 5.74) is 9.62. The molecule has 2 heteroatoms. The smallest absolute Gasteiger partial charge is 0.0503 e. The van der Waals surface area contributed by atoms with Gasteiger partial charge in [0.25, 0.3) is 0 Å². The number of nitrogens with zero attached hydrogens (tertiary/aromatic N) is 1. The molecule has 2 nitrogen and oxygen atoms in total. The van der Waals surface area contributed by atoms with Crippen molar-refractivity contribution in [2.45, 2.75) is 25.8 Å². The first-order valence-corrected chi connectivity index (χ1v) is 5.23. The molecule has 3 rings (SSSR count). The highest BCUT2D eigenvalue weighted by Crippen LogP contribution is 2.28. The first-order chi connectivity index (χ1) is 6.86. The average molecular weight is 186 g/mol. The van der Waals surface area contributed by atoms with Crippen molar-refractivity contribution in [1.82, 2.24) is 4.57 Å². The zero-order valence-corrected chi connectivity index (χ0v) is 8.16. The van der Waals surface area contributed by atoms with E-state index in [1.165, 1.54) is 35.9 Å². The van der Waals surface area contributed by atoms with Crippen LogP contribution in [0.15, 0.2) is 24.3 Å². The van der Waals surface area contributed by atoms with E-state index in [9.17, 15) is 0 Å². The molecular weight excluding hydrogens is 172 g/mol. The molecule has 0 atom stereocenters. The minimum Gasteiger partial charge on any atom is -0.398 e. The molecule has 2 aromatic rings. The van der Waals surface area contributed by atoms with E-state index in [1.807, 2.05) is 12.1 Å². The number of benzene rings is 1. The minimum atomic E-state index is 0.907. The molecule has 0 saturated heterocycles. The van der Waals surface area contributed by atoms with Crippen LogP contribution in [-0.4, -0.2) is 4.57 Å². The van der Waals surface area contributed by atoms with Gasteiger partial charge in [0, 0.05) is 23.3 Å². The van der Waals surface area contributed by atoms with Crippen molar-refractivity contribution in [3.8, 4) is 0 Å². The van der Waals surface area contributed by atoms with Crippen LogP contribution in [0.25, 0.3) is 10.9 Å². The Labute approximate surface area is 83.3 Å². The summed E-state index contributed by atoms with van der Waals surface area (Å²) in [6, 6.07) is 8.44. The quantitative estimate of drug-likeness (QED) is 0.630. The number of aryl methyl sites for hydroxylation is 2. The van der Waals surface area contributed by atoms with Crippen molar-refractivity contribution < 1.29 is 0 Å². The number of hydrogen-bond donors (Lipinski definition) is 1. The van der Waals surface area contributed by atoms with E-state index in [-0.39, 0.29) is 0 Å². The average Bonchev–Trinajstić information content (AvgIpc) is 2.59. The molecule has 1 aromatic carbocycles. The van der Waals surface area contributed by atoms with Crippen molar-refractivity contribution in [3.63, 3.8) is 0 Å². The van der Waals surface area contributed by atoms with Gasteiger partial charge in [-0.25, -0.2) is 0 Å². The summed E-state index contributed by atoms with van der Waals surface area (Å²) in [5, 5.41) is 1.23. The highest BCUT2D eigenvalue weighted by Gasteiger charge is 2.13. The minimum absolute atomic E-state index is 0.907. The summed E-state index contributed by atoms with van der Waals surface area (Å²) in [4.78, 5) is 0. The number of anilines is 1. The van der Waals surface area contributed by atoms with Crippen molar-refractivity contribution >= 4 is 16.6 Å². The van der Waals surface area contributed by atoms with Crippen molar-refractivity contribution in [2.24, 2.45) is 0 Å². The lowest BCUT2D eigenvalue weighted by Gasteiger charge is -2.15. The van der Waals surface area contributed by atoms with Crippen LogP contribution in [0.3, 0.4) is 0 Å². The Morgan fingerprint density at radius 2 is 2.14 bits per heavy atom. The summed E-state index contributed by atoms with van der Waals surface area (Å²) in [5.74, 6) is 0. The van der Waals surface area contributed by atoms with E-state index in [1.54, 1.807) is 0 Å². The first-order valence-electron chi connectivity index (χ1n) is 5.23. The van der Waals surface area contributed by atoms with E-state index in [0.29, 0.717) is 0 Å². The Hall–Kier alpha value is -1.44. The fourth-order valence-corrected chi connectivity index (χ4v) is 2.41. The molecule has 14 heavy (non-hydrogen) atoms. The van der Waals surface area contributed by atoms with Crippen LogP contribution in [-0.2, 0) is 13.0 Å². The molecule has 1 aliphatic rings. The Morgan fingerprint density at radius 3 is 3.07 bits per heavy atom. The lowest BCUT2D eigenvalue weighted by Crippen LogP contribution is -2.08. The Kier molecular flexibility index (Phi) is 1.57. The van der Waals surface area contributed by atoms with Gasteiger partial charge in [-0.05, 0) is 37.5 Å². The molecule has 0 aliphatic carbocycles. The molecule has 0 radical (unpaired) electrons. The van der Waals surface area contributed by atoms with Gasteiger partial charge in [0.05, 0.1) is 5.52 Å².